The third-order valence-corrected chi connectivity index (χ3v) is 3.46. The Hall–Kier alpha value is -1.32. The van der Waals surface area contributed by atoms with Crippen molar-refractivity contribution in [3.05, 3.63) is 35.9 Å². The fourth-order valence-electron chi connectivity index (χ4n) is 2.71. The minimum absolute atomic E-state index is 0.360. The number of hydrogen-bond acceptors (Lipinski definition) is 2. The van der Waals surface area contributed by atoms with E-state index >= 15 is 0 Å². The molecule has 0 spiro atoms. The van der Waals surface area contributed by atoms with Crippen LogP contribution in [0.3, 0.4) is 0 Å². The summed E-state index contributed by atoms with van der Waals surface area (Å²) in [5, 5.41) is 0. The first-order valence-electron chi connectivity index (χ1n) is 6.97. The number of rotatable bonds is 4. The van der Waals surface area contributed by atoms with E-state index in [-0.39, 0.29) is 0 Å². The second-order valence-corrected chi connectivity index (χ2v) is 5.26. The van der Waals surface area contributed by atoms with Gasteiger partial charge in [0, 0.05) is 5.56 Å². The number of methoxy groups -OCH3 is 1. The van der Waals surface area contributed by atoms with Crippen LogP contribution in [0.5, 0.6) is 5.75 Å². The smallest absolute Gasteiger partial charge is 0.126 e. The summed E-state index contributed by atoms with van der Waals surface area (Å²) < 4.78 is 11.1. The summed E-state index contributed by atoms with van der Waals surface area (Å²) in [6.07, 6.45) is 5.10. The van der Waals surface area contributed by atoms with Crippen LogP contribution in [0.1, 0.15) is 19.4 Å². The Morgan fingerprint density at radius 3 is 2.63 bits per heavy atom. The molecule has 1 N–H and O–H groups in total. The molecule has 2 rings (SSSR count). The molecule has 19 heavy (non-hydrogen) atoms. The number of ether oxygens (including phenoxy) is 2. The molecule has 3 nitrogen and oxygen atoms in total. The number of para-hydroxylation sites is 1. The zero-order chi connectivity index (χ0) is 13.7. The lowest BCUT2D eigenvalue weighted by Gasteiger charge is -2.31. The Labute approximate surface area is 115 Å². The summed E-state index contributed by atoms with van der Waals surface area (Å²) in [7, 11) is 1.71. The van der Waals surface area contributed by atoms with Gasteiger partial charge in [0.05, 0.1) is 13.7 Å². The predicted molar refractivity (Wildman–Crippen MR) is 77.6 cm³/mol. The van der Waals surface area contributed by atoms with Crippen molar-refractivity contribution in [1.29, 1.82) is 0 Å². The van der Waals surface area contributed by atoms with Crippen molar-refractivity contribution >= 4 is 6.08 Å². The molecule has 1 aromatic carbocycles. The first-order chi connectivity index (χ1) is 9.19. The molecule has 0 amide bonds. The quantitative estimate of drug-likeness (QED) is 0.886. The minimum atomic E-state index is 0.360. The molecular weight excluding hydrogens is 238 g/mol. The van der Waals surface area contributed by atoms with Crippen LogP contribution in [-0.2, 0) is 4.74 Å². The lowest BCUT2D eigenvalue weighted by atomic mass is 10.2. The van der Waals surface area contributed by atoms with Crippen LogP contribution in [-0.4, -0.2) is 39.0 Å². The van der Waals surface area contributed by atoms with Gasteiger partial charge in [-0.25, -0.2) is 0 Å². The van der Waals surface area contributed by atoms with Gasteiger partial charge in [0.15, 0.2) is 0 Å². The molecule has 0 aliphatic carbocycles. The van der Waals surface area contributed by atoms with Crippen LogP contribution < -0.4 is 9.64 Å². The summed E-state index contributed by atoms with van der Waals surface area (Å²) >= 11 is 0. The van der Waals surface area contributed by atoms with E-state index in [0.717, 1.165) is 30.9 Å². The standard InChI is InChI=1S/C16H23NO2/c1-13-11-17(12-14(2)19-13)10-6-8-15-7-4-5-9-16(15)18-3/h4-9,13-14H,10-12H2,1-3H3/p+1/b8-6+/t13-,14+. The van der Waals surface area contributed by atoms with E-state index in [1.807, 2.05) is 18.2 Å². The van der Waals surface area contributed by atoms with Crippen LogP contribution in [0.15, 0.2) is 30.3 Å². The van der Waals surface area contributed by atoms with Gasteiger partial charge in [-0.2, -0.15) is 0 Å². The van der Waals surface area contributed by atoms with Gasteiger partial charge in [-0.1, -0.05) is 18.2 Å². The molecule has 0 radical (unpaired) electrons. The molecule has 1 heterocycles. The second-order valence-electron chi connectivity index (χ2n) is 5.26. The third kappa shape index (κ3) is 4.08. The number of nitrogens with one attached hydrogen (secondary N) is 1. The summed E-state index contributed by atoms with van der Waals surface area (Å²) in [6.45, 7) is 7.51. The van der Waals surface area contributed by atoms with Crippen molar-refractivity contribution in [2.45, 2.75) is 26.1 Å². The van der Waals surface area contributed by atoms with E-state index in [1.54, 1.807) is 12.0 Å². The Morgan fingerprint density at radius 1 is 1.26 bits per heavy atom. The van der Waals surface area contributed by atoms with E-state index in [4.69, 9.17) is 9.47 Å². The van der Waals surface area contributed by atoms with Crippen LogP contribution in [0.2, 0.25) is 0 Å². The van der Waals surface area contributed by atoms with E-state index in [0.29, 0.717) is 12.2 Å². The van der Waals surface area contributed by atoms with Crippen LogP contribution in [0.25, 0.3) is 6.08 Å². The molecule has 1 aliphatic rings. The monoisotopic (exact) mass is 262 g/mol. The summed E-state index contributed by atoms with van der Waals surface area (Å²) in [6, 6.07) is 8.10. The Bertz CT molecular complexity index is 421. The minimum Gasteiger partial charge on any atom is -0.496 e. The topological polar surface area (TPSA) is 22.9 Å². The maximum Gasteiger partial charge on any atom is 0.126 e. The summed E-state index contributed by atoms with van der Waals surface area (Å²) in [5.41, 5.74) is 1.14. The first-order valence-corrected chi connectivity index (χ1v) is 6.97. The van der Waals surface area contributed by atoms with E-state index < -0.39 is 0 Å². The summed E-state index contributed by atoms with van der Waals surface area (Å²) in [5.74, 6) is 0.928. The van der Waals surface area contributed by atoms with Gasteiger partial charge >= 0.3 is 0 Å². The number of benzene rings is 1. The van der Waals surface area contributed by atoms with Crippen molar-refractivity contribution in [2.75, 3.05) is 26.7 Å². The molecule has 1 aromatic rings. The lowest BCUT2D eigenvalue weighted by Crippen LogP contribution is -3.15. The predicted octanol–water partition coefficient (Wildman–Crippen LogP) is 1.40. The molecule has 0 saturated carbocycles. The van der Waals surface area contributed by atoms with Gasteiger partial charge in [0.1, 0.15) is 31.0 Å². The van der Waals surface area contributed by atoms with Crippen molar-refractivity contribution in [2.24, 2.45) is 0 Å². The maximum absolute atomic E-state index is 5.75. The Kier molecular flexibility index (Phi) is 5.00. The largest absolute Gasteiger partial charge is 0.496 e. The van der Waals surface area contributed by atoms with Crippen LogP contribution in [0, 0.1) is 0 Å². The molecule has 104 valence electrons. The van der Waals surface area contributed by atoms with Gasteiger partial charge in [-0.3, -0.25) is 0 Å². The number of quaternary nitrogens is 1. The molecule has 0 aromatic heterocycles. The third-order valence-electron chi connectivity index (χ3n) is 3.46. The summed E-state index contributed by atoms with van der Waals surface area (Å²) in [4.78, 5) is 1.58. The molecular formula is C16H24NO2+. The van der Waals surface area contributed by atoms with Gasteiger partial charge in [0.2, 0.25) is 0 Å². The highest BCUT2D eigenvalue weighted by Gasteiger charge is 2.24. The van der Waals surface area contributed by atoms with Crippen molar-refractivity contribution in [3.8, 4) is 5.75 Å². The lowest BCUT2D eigenvalue weighted by molar-refractivity contribution is -0.909. The SMILES string of the molecule is COc1ccccc1/C=C/C[NH+]1C[C@@H](C)O[C@@H](C)C1. The average Bonchev–Trinajstić information content (AvgIpc) is 2.38. The Morgan fingerprint density at radius 2 is 1.95 bits per heavy atom. The molecule has 0 bridgehead atoms. The maximum atomic E-state index is 5.75. The number of hydrogen-bond donors (Lipinski definition) is 1. The van der Waals surface area contributed by atoms with Crippen molar-refractivity contribution in [3.63, 3.8) is 0 Å². The van der Waals surface area contributed by atoms with Crippen molar-refractivity contribution < 1.29 is 14.4 Å². The van der Waals surface area contributed by atoms with Gasteiger partial charge in [-0.05, 0) is 32.1 Å². The highest BCUT2D eigenvalue weighted by Crippen LogP contribution is 2.18. The van der Waals surface area contributed by atoms with Gasteiger partial charge < -0.3 is 14.4 Å². The first kappa shape index (κ1) is 14.1. The Balaban J connectivity index is 1.92. The molecule has 3 heteroatoms. The van der Waals surface area contributed by atoms with Crippen molar-refractivity contribution in [1.82, 2.24) is 0 Å². The fourth-order valence-corrected chi connectivity index (χ4v) is 2.71. The van der Waals surface area contributed by atoms with E-state index in [1.165, 1.54) is 0 Å². The number of morpholine rings is 1. The molecule has 3 atom stereocenters. The normalized spacial score (nSPS) is 27.6. The van der Waals surface area contributed by atoms with Gasteiger partial charge in [0.25, 0.3) is 0 Å². The zero-order valence-corrected chi connectivity index (χ0v) is 12.1. The van der Waals surface area contributed by atoms with E-state index in [2.05, 4.69) is 32.1 Å². The average molecular weight is 262 g/mol. The molecule has 1 unspecified atom stereocenters. The highest BCUT2D eigenvalue weighted by molar-refractivity contribution is 5.57. The molecule has 1 fully saturated rings. The van der Waals surface area contributed by atoms with E-state index in [9.17, 15) is 0 Å². The van der Waals surface area contributed by atoms with Gasteiger partial charge in [-0.15, -0.1) is 0 Å². The zero-order valence-electron chi connectivity index (χ0n) is 12.1. The fraction of sp³-hybridized carbons (Fsp3) is 0.500. The van der Waals surface area contributed by atoms with Crippen LogP contribution in [0.4, 0.5) is 0 Å². The molecule has 1 saturated heterocycles. The highest BCUT2D eigenvalue weighted by atomic mass is 16.5. The van der Waals surface area contributed by atoms with Crippen LogP contribution >= 0.6 is 0 Å². The molecule has 1 aliphatic heterocycles. The second kappa shape index (κ2) is 6.73.